The summed E-state index contributed by atoms with van der Waals surface area (Å²) in [4.78, 5) is 28.3. The minimum absolute atomic E-state index is 0.0133. The molecule has 7 nitrogen and oxygen atoms in total. The monoisotopic (exact) mass is 322 g/mol. The average Bonchev–Trinajstić information content (AvgIpc) is 2.85. The molecular weight excluding hydrogens is 308 g/mol. The lowest BCUT2D eigenvalue weighted by atomic mass is 10.1. The number of carboxylic acids is 1. The van der Waals surface area contributed by atoms with Crippen LogP contribution in [0.25, 0.3) is 11.1 Å². The molecule has 8 heteroatoms. The van der Waals surface area contributed by atoms with E-state index >= 15 is 0 Å². The van der Waals surface area contributed by atoms with Gasteiger partial charge in [0.05, 0.1) is 6.42 Å². The van der Waals surface area contributed by atoms with Crippen molar-refractivity contribution in [1.82, 2.24) is 9.88 Å². The van der Waals surface area contributed by atoms with E-state index in [1.165, 1.54) is 4.90 Å². The van der Waals surface area contributed by atoms with E-state index in [2.05, 4.69) is 17.2 Å². The quantitative estimate of drug-likeness (QED) is 0.811. The van der Waals surface area contributed by atoms with Crippen molar-refractivity contribution in [3.63, 3.8) is 0 Å². The Balaban J connectivity index is 2.43. The predicted octanol–water partition coefficient (Wildman–Crippen LogP) is 1.97. The molecule has 116 valence electrons. The largest absolute Gasteiger partial charge is 0.501 e. The first kappa shape index (κ1) is 15.9. The van der Waals surface area contributed by atoms with E-state index in [1.54, 1.807) is 32.3 Å². The molecule has 1 amide bonds. The lowest BCUT2D eigenvalue weighted by Gasteiger charge is -2.09. The maximum atomic E-state index is 11.9. The van der Waals surface area contributed by atoms with Gasteiger partial charge in [-0.1, -0.05) is 0 Å². The molecule has 1 heterocycles. The van der Waals surface area contributed by atoms with Crippen LogP contribution >= 0.6 is 12.2 Å². The molecule has 0 spiro atoms. The second kappa shape index (κ2) is 6.10. The molecular formula is C14H14N2O5S. The number of rotatable bonds is 5. The fourth-order valence-electron chi connectivity index (χ4n) is 1.94. The number of carbonyl (C=O) groups is 2. The van der Waals surface area contributed by atoms with Gasteiger partial charge < -0.3 is 19.5 Å². The van der Waals surface area contributed by atoms with Crippen molar-refractivity contribution in [1.29, 1.82) is 0 Å². The van der Waals surface area contributed by atoms with Gasteiger partial charge in [-0.3, -0.25) is 9.59 Å². The van der Waals surface area contributed by atoms with Crippen LogP contribution in [0.4, 0.5) is 0 Å². The molecule has 0 aliphatic heterocycles. The van der Waals surface area contributed by atoms with Gasteiger partial charge in [0.1, 0.15) is 11.4 Å². The van der Waals surface area contributed by atoms with E-state index in [-0.39, 0.29) is 11.8 Å². The molecule has 2 aromatic rings. The summed E-state index contributed by atoms with van der Waals surface area (Å²) in [5.74, 6) is -2.31. The number of oxazole rings is 1. The van der Waals surface area contributed by atoms with Gasteiger partial charge in [0.2, 0.25) is 5.89 Å². The molecule has 0 saturated carbocycles. The Kier molecular flexibility index (Phi) is 4.41. The molecule has 0 radical (unpaired) electrons. The Bertz CT molecular complexity index is 753. The molecule has 1 atom stereocenters. The Morgan fingerprint density at radius 2 is 2.05 bits per heavy atom. The molecule has 1 aromatic heterocycles. The predicted molar refractivity (Wildman–Crippen MR) is 82.2 cm³/mol. The smallest absolute Gasteiger partial charge is 0.304 e. The van der Waals surface area contributed by atoms with Crippen LogP contribution in [0, 0.1) is 0 Å². The van der Waals surface area contributed by atoms with Crippen molar-refractivity contribution >= 4 is 40.2 Å². The molecule has 0 bridgehead atoms. The van der Waals surface area contributed by atoms with Crippen molar-refractivity contribution in [2.24, 2.45) is 0 Å². The van der Waals surface area contributed by atoms with Crippen LogP contribution < -0.4 is 0 Å². The highest BCUT2D eigenvalue weighted by Crippen LogP contribution is 2.26. The third-order valence-electron chi connectivity index (χ3n) is 3.03. The van der Waals surface area contributed by atoms with Gasteiger partial charge in [0, 0.05) is 19.7 Å². The summed E-state index contributed by atoms with van der Waals surface area (Å²) in [6, 6.07) is 4.70. The van der Waals surface area contributed by atoms with Crippen LogP contribution in [0.15, 0.2) is 22.6 Å². The number of fused-ring (bicyclic) bond motifs is 1. The zero-order chi connectivity index (χ0) is 16.4. The van der Waals surface area contributed by atoms with Gasteiger partial charge in [0.25, 0.3) is 5.91 Å². The molecule has 2 rings (SSSR count). The van der Waals surface area contributed by atoms with E-state index in [1.807, 2.05) is 0 Å². The summed E-state index contributed by atoms with van der Waals surface area (Å²) in [5.41, 5.74) is 1.21. The number of carboxylic acid groups (broad SMARTS) is 1. The molecule has 0 saturated heterocycles. The third kappa shape index (κ3) is 3.22. The zero-order valence-corrected chi connectivity index (χ0v) is 12.8. The Morgan fingerprint density at radius 3 is 2.59 bits per heavy atom. The molecule has 0 aliphatic carbocycles. The van der Waals surface area contributed by atoms with Gasteiger partial charge in [-0.2, -0.15) is 0 Å². The van der Waals surface area contributed by atoms with Gasteiger partial charge >= 0.3 is 5.97 Å². The summed E-state index contributed by atoms with van der Waals surface area (Å²) in [5, 5.41) is 17.8. The van der Waals surface area contributed by atoms with Crippen molar-refractivity contribution in [3.05, 3.63) is 29.7 Å². The summed E-state index contributed by atoms with van der Waals surface area (Å²) in [6.45, 7) is 0. The van der Waals surface area contributed by atoms with Crippen molar-refractivity contribution in [2.45, 2.75) is 12.3 Å². The highest BCUT2D eigenvalue weighted by molar-refractivity contribution is 7.80. The van der Waals surface area contributed by atoms with Crippen LogP contribution in [0.3, 0.4) is 0 Å². The summed E-state index contributed by atoms with van der Waals surface area (Å²) in [7, 11) is 3.27. The highest BCUT2D eigenvalue weighted by atomic mass is 32.1. The highest BCUT2D eigenvalue weighted by Gasteiger charge is 2.26. The Morgan fingerprint density at radius 1 is 1.36 bits per heavy atom. The fraction of sp³-hybridized carbons (Fsp3) is 0.286. The van der Waals surface area contributed by atoms with Crippen LogP contribution in [-0.4, -0.2) is 51.1 Å². The normalized spacial score (nSPS) is 12.1. The minimum atomic E-state index is -1.13. The van der Waals surface area contributed by atoms with Crippen molar-refractivity contribution < 1.29 is 24.2 Å². The van der Waals surface area contributed by atoms with Gasteiger partial charge in [0.15, 0.2) is 10.6 Å². The number of hydrogen-bond acceptors (Lipinski definition) is 5. The second-order valence-electron chi connectivity index (χ2n) is 4.92. The molecule has 0 fully saturated rings. The first-order valence-electron chi connectivity index (χ1n) is 6.36. The number of aliphatic hydroxyl groups is 1. The number of aromatic nitrogens is 1. The van der Waals surface area contributed by atoms with Gasteiger partial charge in [-0.15, -0.1) is 0 Å². The van der Waals surface area contributed by atoms with E-state index in [4.69, 9.17) is 9.52 Å². The van der Waals surface area contributed by atoms with E-state index < -0.39 is 23.4 Å². The molecule has 1 unspecified atom stereocenters. The lowest BCUT2D eigenvalue weighted by molar-refractivity contribution is -0.137. The number of amides is 1. The molecule has 2 N–H and O–H groups in total. The summed E-state index contributed by atoms with van der Waals surface area (Å²) < 4.78 is 5.44. The van der Waals surface area contributed by atoms with Crippen molar-refractivity contribution in [3.8, 4) is 0 Å². The van der Waals surface area contributed by atoms with E-state index in [0.717, 1.165) is 0 Å². The van der Waals surface area contributed by atoms with E-state index in [0.29, 0.717) is 16.7 Å². The van der Waals surface area contributed by atoms with Gasteiger partial charge in [-0.25, -0.2) is 4.98 Å². The number of benzene rings is 1. The SMILES string of the molecule is CN(C)C(=O)c1ccc2oc(C(CC(=O)O)C(O)=S)nc2c1. The summed E-state index contributed by atoms with van der Waals surface area (Å²) >= 11 is 4.66. The number of thiocarbonyl (C=S) groups is 1. The first-order valence-corrected chi connectivity index (χ1v) is 6.77. The minimum Gasteiger partial charge on any atom is -0.501 e. The average molecular weight is 322 g/mol. The van der Waals surface area contributed by atoms with Crippen LogP contribution in [0.2, 0.25) is 0 Å². The number of nitrogens with zero attached hydrogens (tertiary/aromatic N) is 2. The molecule has 1 aromatic carbocycles. The van der Waals surface area contributed by atoms with Gasteiger partial charge in [-0.05, 0) is 30.4 Å². The van der Waals surface area contributed by atoms with E-state index in [9.17, 15) is 14.7 Å². The number of hydrogen-bond donors (Lipinski definition) is 2. The van der Waals surface area contributed by atoms with Crippen LogP contribution in [0.1, 0.15) is 28.6 Å². The van der Waals surface area contributed by atoms with Crippen molar-refractivity contribution in [2.75, 3.05) is 14.1 Å². The standard InChI is InChI=1S/C14H14N2O5S/c1-16(2)13(19)7-3-4-10-9(5-7)15-12(21-10)8(14(20)22)6-11(17)18/h3-5,8H,6H2,1-2H3,(H,17,18)(H,20,22). The number of aliphatic hydroxyl groups excluding tert-OH is 1. The maximum absolute atomic E-state index is 11.9. The lowest BCUT2D eigenvalue weighted by Crippen LogP contribution is -2.21. The molecule has 22 heavy (non-hydrogen) atoms. The first-order chi connectivity index (χ1) is 10.3. The third-order valence-corrected chi connectivity index (χ3v) is 3.32. The fourth-order valence-corrected chi connectivity index (χ4v) is 2.12. The Labute approximate surface area is 131 Å². The maximum Gasteiger partial charge on any atom is 0.304 e. The topological polar surface area (TPSA) is 104 Å². The Hall–Kier alpha value is -2.48. The number of carbonyl (C=O) groups excluding carboxylic acids is 1. The molecule has 0 aliphatic rings. The number of aliphatic carboxylic acids is 1. The zero-order valence-electron chi connectivity index (χ0n) is 11.9. The second-order valence-corrected chi connectivity index (χ2v) is 5.34. The van der Waals surface area contributed by atoms with Crippen LogP contribution in [-0.2, 0) is 4.79 Å². The van der Waals surface area contributed by atoms with Crippen LogP contribution in [0.5, 0.6) is 0 Å². The summed E-state index contributed by atoms with van der Waals surface area (Å²) in [6.07, 6.45) is -0.425.